The van der Waals surface area contributed by atoms with E-state index >= 15 is 0 Å². The van der Waals surface area contributed by atoms with Gasteiger partial charge in [0.25, 0.3) is 0 Å². The van der Waals surface area contributed by atoms with Gasteiger partial charge in [0.05, 0.1) is 12.2 Å². The van der Waals surface area contributed by atoms with Crippen LogP contribution in [0.1, 0.15) is 58.8 Å². The van der Waals surface area contributed by atoms with Crippen LogP contribution in [0.5, 0.6) is 0 Å². The van der Waals surface area contributed by atoms with Crippen molar-refractivity contribution in [2.45, 2.75) is 82.5 Å². The van der Waals surface area contributed by atoms with E-state index < -0.39 is 6.10 Å². The number of carbonyl (C=O) groups excluding carboxylic acids is 1. The maximum atomic E-state index is 12.0. The average molecular weight is 289 g/mol. The summed E-state index contributed by atoms with van der Waals surface area (Å²) in [5, 5.41) is 0.0328. The Morgan fingerprint density at radius 2 is 1.89 bits per heavy atom. The highest BCUT2D eigenvalue weighted by Crippen LogP contribution is 2.35. The Labute approximate surface area is 121 Å². The Hall–Kier alpha value is -0.280. The molecule has 2 aliphatic rings. The van der Waals surface area contributed by atoms with Crippen molar-refractivity contribution in [3.8, 4) is 0 Å². The van der Waals surface area contributed by atoms with Crippen LogP contribution in [0.4, 0.5) is 0 Å². The van der Waals surface area contributed by atoms with Crippen LogP contribution in [0, 0.1) is 5.92 Å². The zero-order chi connectivity index (χ0) is 13.8. The number of halogens is 1. The summed E-state index contributed by atoms with van der Waals surface area (Å²) < 4.78 is 11.3. The van der Waals surface area contributed by atoms with E-state index in [0.29, 0.717) is 12.3 Å². The molecule has 1 saturated heterocycles. The zero-order valence-corrected chi connectivity index (χ0v) is 12.7. The summed E-state index contributed by atoms with van der Waals surface area (Å²) in [5.74, 6) is 0.325. The zero-order valence-electron chi connectivity index (χ0n) is 11.9. The topological polar surface area (TPSA) is 35.5 Å². The van der Waals surface area contributed by atoms with Gasteiger partial charge in [-0.1, -0.05) is 19.3 Å². The molecular weight excluding hydrogens is 264 g/mol. The molecule has 1 aliphatic carbocycles. The lowest BCUT2D eigenvalue weighted by molar-refractivity contribution is -0.173. The molecule has 1 heterocycles. The minimum atomic E-state index is -0.467. The summed E-state index contributed by atoms with van der Waals surface area (Å²) in [6.45, 7) is 3.72. The van der Waals surface area contributed by atoms with Crippen LogP contribution in [-0.4, -0.2) is 29.7 Å². The lowest BCUT2D eigenvalue weighted by Gasteiger charge is -2.38. The van der Waals surface area contributed by atoms with Crippen LogP contribution in [0.3, 0.4) is 0 Å². The average Bonchev–Trinajstić information content (AvgIpc) is 2.38. The van der Waals surface area contributed by atoms with Crippen LogP contribution in [0.2, 0.25) is 0 Å². The summed E-state index contributed by atoms with van der Waals surface area (Å²) in [6, 6.07) is 0. The highest BCUT2D eigenvalue weighted by Gasteiger charge is 2.37. The van der Waals surface area contributed by atoms with Gasteiger partial charge in [-0.3, -0.25) is 0 Å². The number of alkyl halides is 1. The van der Waals surface area contributed by atoms with Crippen LogP contribution in [0.25, 0.3) is 0 Å². The summed E-state index contributed by atoms with van der Waals surface area (Å²) in [7, 11) is 0. The molecule has 0 amide bonds. The highest BCUT2D eigenvalue weighted by molar-refractivity contribution is 6.20. The number of ether oxygens (including phenoxy) is 2. The lowest BCUT2D eigenvalue weighted by Crippen LogP contribution is -2.43. The van der Waals surface area contributed by atoms with E-state index in [0.717, 1.165) is 6.42 Å². The van der Waals surface area contributed by atoms with Gasteiger partial charge in [0.2, 0.25) is 0 Å². The third kappa shape index (κ3) is 4.35. The van der Waals surface area contributed by atoms with Crippen molar-refractivity contribution in [3.63, 3.8) is 0 Å². The van der Waals surface area contributed by atoms with Gasteiger partial charge in [-0.15, -0.1) is 11.6 Å². The van der Waals surface area contributed by atoms with Gasteiger partial charge in [-0.2, -0.15) is 0 Å². The number of hydrogen-bond donors (Lipinski definition) is 0. The molecule has 3 atom stereocenters. The van der Waals surface area contributed by atoms with Crippen LogP contribution in [0.15, 0.2) is 0 Å². The predicted octanol–water partition coefficient (Wildman–Crippen LogP) is 3.67. The molecule has 1 saturated carbocycles. The van der Waals surface area contributed by atoms with Crippen LogP contribution < -0.4 is 0 Å². The molecule has 19 heavy (non-hydrogen) atoms. The summed E-state index contributed by atoms with van der Waals surface area (Å²) in [4.78, 5) is 12.0. The fraction of sp³-hybridized carbons (Fsp3) is 0.933. The lowest BCUT2D eigenvalue weighted by atomic mass is 9.82. The normalized spacial score (nSPS) is 33.4. The fourth-order valence-corrected chi connectivity index (χ4v) is 3.51. The van der Waals surface area contributed by atoms with Crippen molar-refractivity contribution in [1.82, 2.24) is 0 Å². The van der Waals surface area contributed by atoms with Gasteiger partial charge in [-0.05, 0) is 39.0 Å². The first kappa shape index (κ1) is 15.1. The molecule has 0 bridgehead atoms. The van der Waals surface area contributed by atoms with Gasteiger partial charge in [-0.25, -0.2) is 4.79 Å². The van der Waals surface area contributed by atoms with Gasteiger partial charge >= 0.3 is 5.97 Å². The summed E-state index contributed by atoms with van der Waals surface area (Å²) >= 11 is 6.32. The fourth-order valence-electron chi connectivity index (χ4n) is 3.17. The first-order chi connectivity index (χ1) is 9.06. The molecule has 2 fully saturated rings. The molecule has 2 rings (SSSR count). The Balaban J connectivity index is 1.93. The molecule has 0 aromatic carbocycles. The van der Waals surface area contributed by atoms with Crippen LogP contribution >= 0.6 is 11.6 Å². The van der Waals surface area contributed by atoms with Crippen molar-refractivity contribution >= 4 is 17.6 Å². The Morgan fingerprint density at radius 3 is 2.53 bits per heavy atom. The van der Waals surface area contributed by atoms with Crippen LogP contribution in [-0.2, 0) is 14.3 Å². The number of carbonyl (C=O) groups is 1. The second-order valence-corrected chi connectivity index (χ2v) is 6.73. The molecule has 110 valence electrons. The monoisotopic (exact) mass is 288 g/mol. The quantitative estimate of drug-likeness (QED) is 0.587. The minimum absolute atomic E-state index is 0.0328. The Morgan fingerprint density at radius 1 is 1.21 bits per heavy atom. The van der Waals surface area contributed by atoms with Crippen molar-refractivity contribution in [1.29, 1.82) is 0 Å². The maximum Gasteiger partial charge on any atom is 0.335 e. The molecule has 0 N–H and O–H groups in total. The first-order valence-corrected chi connectivity index (χ1v) is 8.00. The molecule has 0 aromatic heterocycles. The predicted molar refractivity (Wildman–Crippen MR) is 75.3 cm³/mol. The van der Waals surface area contributed by atoms with Crippen molar-refractivity contribution in [2.24, 2.45) is 5.92 Å². The van der Waals surface area contributed by atoms with E-state index in [2.05, 4.69) is 0 Å². The van der Waals surface area contributed by atoms with E-state index in [1.54, 1.807) is 0 Å². The summed E-state index contributed by atoms with van der Waals surface area (Å²) in [5.41, 5.74) is 0. The molecule has 0 radical (unpaired) electrons. The standard InChI is InChI=1S/C15H25ClO3/c1-10(2)18-15(17)14-9-12(16)8-13(19-14)11-6-4-3-5-7-11/h10-14H,3-9H2,1-2H3/t12-,13-,14+/m1/s1. The number of esters is 1. The van der Waals surface area contributed by atoms with E-state index in [-0.39, 0.29) is 23.6 Å². The third-order valence-corrected chi connectivity index (χ3v) is 4.44. The maximum absolute atomic E-state index is 12.0. The molecular formula is C15H25ClO3. The molecule has 0 unspecified atom stereocenters. The Kier molecular flexibility index (Phi) is 5.52. The molecule has 0 aromatic rings. The van der Waals surface area contributed by atoms with Crippen molar-refractivity contribution in [2.75, 3.05) is 0 Å². The molecule has 3 nitrogen and oxygen atoms in total. The highest BCUT2D eigenvalue weighted by atomic mass is 35.5. The first-order valence-electron chi connectivity index (χ1n) is 7.56. The largest absolute Gasteiger partial charge is 0.461 e. The SMILES string of the molecule is CC(C)OC(=O)[C@@H]1C[C@H](Cl)C[C@H](C2CCCCC2)O1. The van der Waals surface area contributed by atoms with E-state index in [9.17, 15) is 4.79 Å². The summed E-state index contributed by atoms with van der Waals surface area (Å²) in [6.07, 6.45) is 7.32. The van der Waals surface area contributed by atoms with Gasteiger partial charge in [0.15, 0.2) is 6.10 Å². The third-order valence-electron chi connectivity index (χ3n) is 4.09. The van der Waals surface area contributed by atoms with Gasteiger partial charge in [0.1, 0.15) is 0 Å². The van der Waals surface area contributed by atoms with E-state index in [1.807, 2.05) is 13.8 Å². The molecule has 4 heteroatoms. The van der Waals surface area contributed by atoms with Gasteiger partial charge in [0, 0.05) is 11.8 Å². The van der Waals surface area contributed by atoms with E-state index in [4.69, 9.17) is 21.1 Å². The Bertz CT molecular complexity index is 300. The van der Waals surface area contributed by atoms with Crippen molar-refractivity contribution in [3.05, 3.63) is 0 Å². The second kappa shape index (κ2) is 6.94. The molecule has 1 aliphatic heterocycles. The number of rotatable bonds is 3. The smallest absolute Gasteiger partial charge is 0.335 e. The van der Waals surface area contributed by atoms with E-state index in [1.165, 1.54) is 32.1 Å². The number of hydrogen-bond acceptors (Lipinski definition) is 3. The minimum Gasteiger partial charge on any atom is -0.461 e. The second-order valence-electron chi connectivity index (χ2n) is 6.12. The van der Waals surface area contributed by atoms with Crippen molar-refractivity contribution < 1.29 is 14.3 Å². The molecule has 0 spiro atoms. The van der Waals surface area contributed by atoms with Gasteiger partial charge < -0.3 is 9.47 Å².